The number of phenols is 2. The number of phenolic OH excluding ortho intramolecular Hbond substituents is 2. The largest absolute Gasteiger partial charge is 0.507 e. The summed E-state index contributed by atoms with van der Waals surface area (Å²) in [7, 11) is 0. The second-order valence-electron chi connectivity index (χ2n) is 4.56. The van der Waals surface area contributed by atoms with Crippen molar-refractivity contribution >= 4 is 11.6 Å². The Morgan fingerprint density at radius 2 is 1.85 bits per heavy atom. The number of nitrogens with one attached hydrogen (secondary N) is 1. The Labute approximate surface area is 121 Å². The number of benzene rings is 2. The molecule has 3 nitrogen and oxygen atoms in total. The summed E-state index contributed by atoms with van der Waals surface area (Å²) in [5.41, 5.74) is 1.25. The van der Waals surface area contributed by atoms with Crippen molar-refractivity contribution in [3.05, 3.63) is 58.4 Å². The minimum absolute atomic E-state index is 0.0298. The molecular weight excluding hydrogens is 281 g/mol. The van der Waals surface area contributed by atoms with Crippen LogP contribution in [0.2, 0.25) is 5.02 Å². The van der Waals surface area contributed by atoms with E-state index in [1.807, 2.05) is 6.92 Å². The minimum Gasteiger partial charge on any atom is -0.507 e. The second-order valence-corrected chi connectivity index (χ2v) is 4.97. The van der Waals surface area contributed by atoms with Gasteiger partial charge in [-0.2, -0.15) is 0 Å². The molecule has 0 radical (unpaired) electrons. The van der Waals surface area contributed by atoms with Crippen LogP contribution in [0.25, 0.3) is 0 Å². The monoisotopic (exact) mass is 295 g/mol. The first-order chi connectivity index (χ1) is 9.49. The highest BCUT2D eigenvalue weighted by Crippen LogP contribution is 2.32. The lowest BCUT2D eigenvalue weighted by Gasteiger charge is -2.17. The predicted molar refractivity (Wildman–Crippen MR) is 76.4 cm³/mol. The molecule has 0 aliphatic heterocycles. The van der Waals surface area contributed by atoms with Crippen molar-refractivity contribution in [2.75, 3.05) is 0 Å². The first-order valence-corrected chi connectivity index (χ1v) is 6.55. The molecule has 20 heavy (non-hydrogen) atoms. The average Bonchev–Trinajstić information content (AvgIpc) is 2.40. The van der Waals surface area contributed by atoms with Gasteiger partial charge < -0.3 is 15.5 Å². The van der Waals surface area contributed by atoms with Crippen LogP contribution < -0.4 is 5.32 Å². The van der Waals surface area contributed by atoms with Gasteiger partial charge in [0, 0.05) is 12.6 Å². The first-order valence-electron chi connectivity index (χ1n) is 6.17. The van der Waals surface area contributed by atoms with E-state index in [4.69, 9.17) is 11.6 Å². The molecule has 1 unspecified atom stereocenters. The third-order valence-corrected chi connectivity index (χ3v) is 3.38. The van der Waals surface area contributed by atoms with E-state index < -0.39 is 5.82 Å². The molecule has 5 heteroatoms. The molecule has 0 amide bonds. The van der Waals surface area contributed by atoms with Gasteiger partial charge in [0.05, 0.1) is 10.6 Å². The van der Waals surface area contributed by atoms with E-state index >= 15 is 0 Å². The Morgan fingerprint density at radius 1 is 1.20 bits per heavy atom. The molecule has 0 aliphatic rings. The van der Waals surface area contributed by atoms with Crippen molar-refractivity contribution in [3.63, 3.8) is 0 Å². The summed E-state index contributed by atoms with van der Waals surface area (Å²) >= 11 is 5.71. The highest BCUT2D eigenvalue weighted by atomic mass is 35.5. The molecule has 3 N–H and O–H groups in total. The summed E-state index contributed by atoms with van der Waals surface area (Å²) in [6.45, 7) is 2.26. The molecule has 0 spiro atoms. The molecule has 1 atom stereocenters. The molecule has 106 valence electrons. The molecular formula is C15H15ClFNO2. The van der Waals surface area contributed by atoms with Crippen LogP contribution in [0.3, 0.4) is 0 Å². The maximum atomic E-state index is 13.0. The van der Waals surface area contributed by atoms with Gasteiger partial charge in [-0.15, -0.1) is 0 Å². The number of rotatable bonds is 4. The maximum Gasteiger partial charge on any atom is 0.141 e. The summed E-state index contributed by atoms with van der Waals surface area (Å²) < 4.78 is 13.0. The molecule has 2 rings (SSSR count). The standard InChI is InChI=1S/C15H15ClFNO2/c1-9(15-13(19)3-2-4-14(15)20)18-8-10-5-6-12(17)11(16)7-10/h2-7,9,18-20H,8H2,1H3. The Kier molecular flexibility index (Phi) is 4.47. The van der Waals surface area contributed by atoms with Gasteiger partial charge in [-0.05, 0) is 36.8 Å². The fourth-order valence-corrected chi connectivity index (χ4v) is 2.21. The molecule has 0 heterocycles. The highest BCUT2D eigenvalue weighted by Gasteiger charge is 2.14. The smallest absolute Gasteiger partial charge is 0.141 e. The zero-order chi connectivity index (χ0) is 14.7. The van der Waals surface area contributed by atoms with Crippen LogP contribution in [0.4, 0.5) is 4.39 Å². The van der Waals surface area contributed by atoms with Gasteiger partial charge in [-0.3, -0.25) is 0 Å². The van der Waals surface area contributed by atoms with Crippen LogP contribution in [-0.2, 0) is 6.54 Å². The van der Waals surface area contributed by atoms with Gasteiger partial charge in [0.2, 0.25) is 0 Å². The Hall–Kier alpha value is -1.78. The van der Waals surface area contributed by atoms with Crippen molar-refractivity contribution in [2.24, 2.45) is 0 Å². The normalized spacial score (nSPS) is 12.3. The van der Waals surface area contributed by atoms with E-state index in [0.29, 0.717) is 12.1 Å². The van der Waals surface area contributed by atoms with Gasteiger partial charge in [0.1, 0.15) is 17.3 Å². The fraction of sp³-hybridized carbons (Fsp3) is 0.200. The average molecular weight is 296 g/mol. The third kappa shape index (κ3) is 3.21. The van der Waals surface area contributed by atoms with E-state index in [-0.39, 0.29) is 22.6 Å². The summed E-state index contributed by atoms with van der Waals surface area (Å²) in [5.74, 6) is -0.397. The van der Waals surface area contributed by atoms with Crippen LogP contribution in [0.15, 0.2) is 36.4 Å². The lowest BCUT2D eigenvalue weighted by Crippen LogP contribution is -2.18. The predicted octanol–water partition coefficient (Wildman–Crippen LogP) is 3.74. The Morgan fingerprint density at radius 3 is 2.45 bits per heavy atom. The number of aromatic hydroxyl groups is 2. The van der Waals surface area contributed by atoms with Crippen LogP contribution in [0.1, 0.15) is 24.1 Å². The maximum absolute atomic E-state index is 13.0. The van der Waals surface area contributed by atoms with Crippen molar-refractivity contribution in [1.29, 1.82) is 0 Å². The first kappa shape index (κ1) is 14.6. The SMILES string of the molecule is CC(NCc1ccc(F)c(Cl)c1)c1c(O)cccc1O. The van der Waals surface area contributed by atoms with Gasteiger partial charge >= 0.3 is 0 Å². The van der Waals surface area contributed by atoms with Crippen LogP contribution >= 0.6 is 11.6 Å². The van der Waals surface area contributed by atoms with Crippen LogP contribution in [0, 0.1) is 5.82 Å². The number of hydrogen-bond donors (Lipinski definition) is 3. The fourth-order valence-electron chi connectivity index (χ4n) is 2.01. The molecule has 0 saturated heterocycles. The zero-order valence-electron chi connectivity index (χ0n) is 10.9. The Balaban J connectivity index is 2.08. The lowest BCUT2D eigenvalue weighted by molar-refractivity contribution is 0.418. The van der Waals surface area contributed by atoms with E-state index in [2.05, 4.69) is 5.32 Å². The zero-order valence-corrected chi connectivity index (χ0v) is 11.7. The molecule has 2 aromatic carbocycles. The van der Waals surface area contributed by atoms with Crippen LogP contribution in [-0.4, -0.2) is 10.2 Å². The molecule has 0 fully saturated rings. The third-order valence-electron chi connectivity index (χ3n) is 3.09. The van der Waals surface area contributed by atoms with Crippen molar-refractivity contribution < 1.29 is 14.6 Å². The molecule has 0 saturated carbocycles. The molecule has 0 aromatic heterocycles. The second kappa shape index (κ2) is 6.11. The van der Waals surface area contributed by atoms with Crippen LogP contribution in [0.5, 0.6) is 11.5 Å². The van der Waals surface area contributed by atoms with Gasteiger partial charge in [-0.25, -0.2) is 4.39 Å². The van der Waals surface area contributed by atoms with Crippen molar-refractivity contribution in [3.8, 4) is 11.5 Å². The number of hydrogen-bond acceptors (Lipinski definition) is 3. The Bertz CT molecular complexity index is 599. The number of halogens is 2. The van der Waals surface area contributed by atoms with Gasteiger partial charge in [0.25, 0.3) is 0 Å². The quantitative estimate of drug-likeness (QED) is 0.805. The van der Waals surface area contributed by atoms with E-state index in [9.17, 15) is 14.6 Å². The van der Waals surface area contributed by atoms with Gasteiger partial charge in [0.15, 0.2) is 0 Å². The summed E-state index contributed by atoms with van der Waals surface area (Å²) in [4.78, 5) is 0. The lowest BCUT2D eigenvalue weighted by atomic mass is 10.1. The molecule has 2 aromatic rings. The highest BCUT2D eigenvalue weighted by molar-refractivity contribution is 6.30. The van der Waals surface area contributed by atoms with E-state index in [0.717, 1.165) is 5.56 Å². The van der Waals surface area contributed by atoms with E-state index in [1.165, 1.54) is 18.2 Å². The minimum atomic E-state index is -0.457. The summed E-state index contributed by atoms with van der Waals surface area (Å²) in [5, 5.41) is 22.8. The summed E-state index contributed by atoms with van der Waals surface area (Å²) in [6, 6.07) is 8.82. The van der Waals surface area contributed by atoms with Crippen molar-refractivity contribution in [2.45, 2.75) is 19.5 Å². The van der Waals surface area contributed by atoms with E-state index in [1.54, 1.807) is 18.2 Å². The topological polar surface area (TPSA) is 52.5 Å². The van der Waals surface area contributed by atoms with Crippen molar-refractivity contribution in [1.82, 2.24) is 5.32 Å². The summed E-state index contributed by atoms with van der Waals surface area (Å²) in [6.07, 6.45) is 0. The molecule has 0 bridgehead atoms. The van der Waals surface area contributed by atoms with Gasteiger partial charge in [-0.1, -0.05) is 23.7 Å². The molecule has 0 aliphatic carbocycles.